The van der Waals surface area contributed by atoms with Crippen molar-refractivity contribution in [1.82, 2.24) is 14.9 Å². The molecule has 0 fully saturated rings. The highest BCUT2D eigenvalue weighted by Crippen LogP contribution is 2.35. The Kier molecular flexibility index (Phi) is 4.79. The first-order valence-electron chi connectivity index (χ1n) is 7.90. The summed E-state index contributed by atoms with van der Waals surface area (Å²) in [5.41, 5.74) is 1.01. The van der Waals surface area contributed by atoms with Gasteiger partial charge in [-0.15, -0.1) is 0 Å². The van der Waals surface area contributed by atoms with Crippen LogP contribution in [0.2, 0.25) is 0 Å². The van der Waals surface area contributed by atoms with Crippen molar-refractivity contribution in [1.29, 1.82) is 0 Å². The van der Waals surface area contributed by atoms with Gasteiger partial charge >= 0.3 is 0 Å². The number of carbonyl (C=O) groups is 1. The molecule has 2 aromatic rings. The van der Waals surface area contributed by atoms with E-state index in [2.05, 4.69) is 17.2 Å². The molecule has 24 heavy (non-hydrogen) atoms. The van der Waals surface area contributed by atoms with E-state index in [4.69, 9.17) is 9.47 Å². The van der Waals surface area contributed by atoms with Crippen LogP contribution in [0.1, 0.15) is 19.8 Å². The maximum Gasteiger partial charge on any atom is 0.254 e. The zero-order valence-electron chi connectivity index (χ0n) is 13.4. The number of nitrogens with one attached hydrogen (secondary N) is 1. The van der Waals surface area contributed by atoms with E-state index in [0.29, 0.717) is 23.7 Å². The highest BCUT2D eigenvalue weighted by molar-refractivity contribution is 5.75. The van der Waals surface area contributed by atoms with Gasteiger partial charge in [0.25, 0.3) is 5.56 Å². The number of aromatic nitrogens is 2. The van der Waals surface area contributed by atoms with Crippen molar-refractivity contribution in [3.8, 4) is 22.8 Å². The molecule has 0 saturated heterocycles. The van der Waals surface area contributed by atoms with Gasteiger partial charge in [0.1, 0.15) is 6.54 Å². The summed E-state index contributed by atoms with van der Waals surface area (Å²) < 4.78 is 11.9. The van der Waals surface area contributed by atoms with Gasteiger partial charge in [-0.2, -0.15) is 0 Å². The molecule has 126 valence electrons. The molecule has 3 rings (SSSR count). The Morgan fingerprint density at radius 1 is 1.29 bits per heavy atom. The smallest absolute Gasteiger partial charge is 0.254 e. The van der Waals surface area contributed by atoms with Crippen LogP contribution in [0.3, 0.4) is 0 Å². The molecule has 0 aliphatic carbocycles. The van der Waals surface area contributed by atoms with Gasteiger partial charge in [-0.1, -0.05) is 13.3 Å². The Labute approximate surface area is 139 Å². The Hall–Kier alpha value is -2.83. The van der Waals surface area contributed by atoms with Crippen LogP contribution in [-0.4, -0.2) is 28.8 Å². The van der Waals surface area contributed by atoms with Gasteiger partial charge in [0.05, 0.1) is 12.0 Å². The maximum absolute atomic E-state index is 12.2. The zero-order chi connectivity index (χ0) is 16.9. The number of unbranched alkanes of at least 4 members (excludes halogenated alkanes) is 1. The molecule has 0 unspecified atom stereocenters. The lowest BCUT2D eigenvalue weighted by Gasteiger charge is -2.08. The summed E-state index contributed by atoms with van der Waals surface area (Å²) in [5, 5.41) is 2.78. The van der Waals surface area contributed by atoms with E-state index >= 15 is 0 Å². The van der Waals surface area contributed by atoms with E-state index in [0.717, 1.165) is 18.4 Å². The van der Waals surface area contributed by atoms with Crippen molar-refractivity contribution >= 4 is 5.91 Å². The van der Waals surface area contributed by atoms with Gasteiger partial charge in [0.2, 0.25) is 12.7 Å². The number of fused-ring (bicyclic) bond motifs is 1. The number of hydrogen-bond donors (Lipinski definition) is 1. The highest BCUT2D eigenvalue weighted by atomic mass is 16.7. The minimum absolute atomic E-state index is 0.0308. The van der Waals surface area contributed by atoms with Crippen LogP contribution in [0, 0.1) is 0 Å². The second-order valence-electron chi connectivity index (χ2n) is 5.51. The molecule has 1 aliphatic heterocycles. The summed E-state index contributed by atoms with van der Waals surface area (Å²) in [5.74, 6) is 1.12. The molecule has 0 saturated carbocycles. The molecule has 7 nitrogen and oxygen atoms in total. The lowest BCUT2D eigenvalue weighted by molar-refractivity contribution is -0.121. The van der Waals surface area contributed by atoms with E-state index in [-0.39, 0.29) is 24.8 Å². The van der Waals surface area contributed by atoms with Gasteiger partial charge in [-0.25, -0.2) is 4.98 Å². The average molecular weight is 329 g/mol. The number of carbonyl (C=O) groups excluding carboxylic acids is 1. The summed E-state index contributed by atoms with van der Waals surface area (Å²) in [6.45, 7) is 2.83. The highest BCUT2D eigenvalue weighted by Gasteiger charge is 2.15. The predicted molar refractivity (Wildman–Crippen MR) is 88.0 cm³/mol. The fraction of sp³-hybridized carbons (Fsp3) is 0.353. The van der Waals surface area contributed by atoms with Gasteiger partial charge in [0.15, 0.2) is 11.5 Å². The second kappa shape index (κ2) is 7.16. The Bertz CT molecular complexity index is 801. The summed E-state index contributed by atoms with van der Waals surface area (Å²) in [4.78, 5) is 28.3. The zero-order valence-corrected chi connectivity index (χ0v) is 13.4. The van der Waals surface area contributed by atoms with Crippen molar-refractivity contribution in [3.63, 3.8) is 0 Å². The largest absolute Gasteiger partial charge is 0.454 e. The predicted octanol–water partition coefficient (Wildman–Crippen LogP) is 1.56. The van der Waals surface area contributed by atoms with E-state index in [1.54, 1.807) is 12.1 Å². The van der Waals surface area contributed by atoms with Crippen molar-refractivity contribution < 1.29 is 14.3 Å². The molecule has 1 aromatic heterocycles. The number of nitrogens with zero attached hydrogens (tertiary/aromatic N) is 2. The molecule has 1 N–H and O–H groups in total. The molecule has 0 radical (unpaired) electrons. The number of hydrogen-bond acceptors (Lipinski definition) is 5. The van der Waals surface area contributed by atoms with Crippen LogP contribution in [-0.2, 0) is 11.3 Å². The number of ether oxygens (including phenoxy) is 2. The van der Waals surface area contributed by atoms with Crippen LogP contribution in [0.5, 0.6) is 11.5 Å². The molecule has 1 amide bonds. The Morgan fingerprint density at radius 2 is 2.12 bits per heavy atom. The lowest BCUT2D eigenvalue weighted by Crippen LogP contribution is -2.32. The first-order chi connectivity index (χ1) is 11.7. The SMILES string of the molecule is CCCCNC(=O)Cn1cnc(-c2ccc3c(c2)OCO3)cc1=O. The quantitative estimate of drug-likeness (QED) is 0.813. The minimum Gasteiger partial charge on any atom is -0.454 e. The second-order valence-corrected chi connectivity index (χ2v) is 5.51. The minimum atomic E-state index is -0.275. The third-order valence-corrected chi connectivity index (χ3v) is 3.71. The lowest BCUT2D eigenvalue weighted by atomic mass is 10.1. The normalized spacial score (nSPS) is 12.2. The number of rotatable bonds is 6. The molecule has 0 spiro atoms. The molecule has 0 atom stereocenters. The van der Waals surface area contributed by atoms with Gasteiger partial charge < -0.3 is 14.8 Å². The molecular formula is C17H19N3O4. The van der Waals surface area contributed by atoms with E-state index in [1.165, 1.54) is 17.0 Å². The monoisotopic (exact) mass is 329 g/mol. The van der Waals surface area contributed by atoms with Crippen LogP contribution < -0.4 is 20.3 Å². The van der Waals surface area contributed by atoms with Crippen LogP contribution in [0.4, 0.5) is 0 Å². The molecule has 7 heteroatoms. The third kappa shape index (κ3) is 3.56. The molecule has 2 heterocycles. The van der Waals surface area contributed by atoms with Crippen molar-refractivity contribution in [3.05, 3.63) is 40.9 Å². The molecule has 0 bridgehead atoms. The summed E-state index contributed by atoms with van der Waals surface area (Å²) >= 11 is 0. The first-order valence-corrected chi connectivity index (χ1v) is 7.90. The summed E-state index contributed by atoms with van der Waals surface area (Å²) in [7, 11) is 0. The summed E-state index contributed by atoms with van der Waals surface area (Å²) in [6.07, 6.45) is 3.32. The standard InChI is InChI=1S/C17H19N3O4/c1-2-3-6-18-16(21)9-20-10-19-13(8-17(20)22)12-4-5-14-15(7-12)24-11-23-14/h4-5,7-8,10H,2-3,6,9,11H2,1H3,(H,18,21). The first kappa shape index (κ1) is 16.0. The fourth-order valence-corrected chi connectivity index (χ4v) is 2.37. The average Bonchev–Trinajstić information content (AvgIpc) is 3.04. The van der Waals surface area contributed by atoms with E-state index < -0.39 is 0 Å². The van der Waals surface area contributed by atoms with Gasteiger partial charge in [0, 0.05) is 18.2 Å². The fourth-order valence-electron chi connectivity index (χ4n) is 2.37. The van der Waals surface area contributed by atoms with Crippen LogP contribution in [0.25, 0.3) is 11.3 Å². The van der Waals surface area contributed by atoms with E-state index in [9.17, 15) is 9.59 Å². The Morgan fingerprint density at radius 3 is 2.92 bits per heavy atom. The number of amides is 1. The van der Waals surface area contributed by atoms with Crippen LogP contribution >= 0.6 is 0 Å². The number of benzene rings is 1. The van der Waals surface area contributed by atoms with Crippen molar-refractivity contribution in [2.24, 2.45) is 0 Å². The van der Waals surface area contributed by atoms with Crippen molar-refractivity contribution in [2.75, 3.05) is 13.3 Å². The van der Waals surface area contributed by atoms with Crippen molar-refractivity contribution in [2.45, 2.75) is 26.3 Å². The van der Waals surface area contributed by atoms with Crippen LogP contribution in [0.15, 0.2) is 35.4 Å². The molecular weight excluding hydrogens is 310 g/mol. The van der Waals surface area contributed by atoms with Gasteiger partial charge in [-0.05, 0) is 24.6 Å². The molecule has 1 aliphatic rings. The van der Waals surface area contributed by atoms with E-state index in [1.807, 2.05) is 6.07 Å². The Balaban J connectivity index is 1.73. The third-order valence-electron chi connectivity index (χ3n) is 3.71. The summed E-state index contributed by atoms with van der Waals surface area (Å²) in [6, 6.07) is 6.80. The maximum atomic E-state index is 12.2. The molecule has 1 aromatic carbocycles. The van der Waals surface area contributed by atoms with Gasteiger partial charge in [-0.3, -0.25) is 14.2 Å². The topological polar surface area (TPSA) is 82.5 Å².